The summed E-state index contributed by atoms with van der Waals surface area (Å²) in [6, 6.07) is 10.7. The van der Waals surface area contributed by atoms with E-state index in [1.807, 2.05) is 38.1 Å². The number of hydrogen-bond donors (Lipinski definition) is 3. The summed E-state index contributed by atoms with van der Waals surface area (Å²) in [5.74, 6) is 1.27. The molecule has 2 rings (SSSR count). The molecule has 0 saturated heterocycles. The van der Waals surface area contributed by atoms with Gasteiger partial charge in [0, 0.05) is 12.5 Å². The van der Waals surface area contributed by atoms with E-state index in [0.29, 0.717) is 25.3 Å². The predicted octanol–water partition coefficient (Wildman–Crippen LogP) is 2.78. The number of rotatable bonds is 8. The van der Waals surface area contributed by atoms with Crippen LogP contribution >= 0.6 is 0 Å². The summed E-state index contributed by atoms with van der Waals surface area (Å²) in [6.07, 6.45) is 1.15. The van der Waals surface area contributed by atoms with Crippen LogP contribution in [0.25, 0.3) is 0 Å². The summed E-state index contributed by atoms with van der Waals surface area (Å²) < 4.78 is 10.7. The maximum Gasteiger partial charge on any atom is 0.315 e. The maximum atomic E-state index is 11.8. The van der Waals surface area contributed by atoms with E-state index >= 15 is 0 Å². The van der Waals surface area contributed by atoms with Crippen molar-refractivity contribution in [2.24, 2.45) is 0 Å². The molecule has 0 bridgehead atoms. The van der Waals surface area contributed by atoms with E-state index in [-0.39, 0.29) is 12.1 Å². The third-order valence-electron chi connectivity index (χ3n) is 3.50. The van der Waals surface area contributed by atoms with Gasteiger partial charge >= 0.3 is 6.03 Å². The van der Waals surface area contributed by atoms with E-state index in [0.717, 1.165) is 5.75 Å². The summed E-state index contributed by atoms with van der Waals surface area (Å²) in [5, 5.41) is 15.5. The molecule has 6 heteroatoms. The minimum Gasteiger partial charge on any atom is -0.492 e. The number of carbonyl (C=O) groups is 1. The number of aryl methyl sites for hydroxylation is 1. The SMILES string of the molecule is Cc1ccc(OCCNC(=O)NC(C)CC(O)c2ccco2)cc1. The highest BCUT2D eigenvalue weighted by molar-refractivity contribution is 5.74. The molecule has 0 spiro atoms. The van der Waals surface area contributed by atoms with E-state index in [9.17, 15) is 9.90 Å². The summed E-state index contributed by atoms with van der Waals surface area (Å²) in [5.41, 5.74) is 1.17. The molecular formula is C18H24N2O4. The summed E-state index contributed by atoms with van der Waals surface area (Å²) in [6.45, 7) is 4.63. The highest BCUT2D eigenvalue weighted by Crippen LogP contribution is 2.18. The molecule has 0 saturated carbocycles. The van der Waals surface area contributed by atoms with Crippen LogP contribution in [0.2, 0.25) is 0 Å². The Morgan fingerprint density at radius 3 is 2.71 bits per heavy atom. The zero-order valence-electron chi connectivity index (χ0n) is 14.0. The van der Waals surface area contributed by atoms with Crippen molar-refractivity contribution in [3.63, 3.8) is 0 Å². The van der Waals surface area contributed by atoms with Gasteiger partial charge in [0.1, 0.15) is 24.2 Å². The molecule has 1 heterocycles. The number of ether oxygens (including phenoxy) is 1. The molecule has 6 nitrogen and oxygen atoms in total. The number of furan rings is 1. The first-order valence-electron chi connectivity index (χ1n) is 8.00. The first kappa shape index (κ1) is 17.9. The second-order valence-electron chi connectivity index (χ2n) is 5.73. The van der Waals surface area contributed by atoms with Gasteiger partial charge in [-0.3, -0.25) is 0 Å². The first-order valence-corrected chi connectivity index (χ1v) is 8.00. The molecule has 2 unspecified atom stereocenters. The van der Waals surface area contributed by atoms with Gasteiger partial charge in [-0.15, -0.1) is 0 Å². The normalized spacial score (nSPS) is 13.1. The van der Waals surface area contributed by atoms with Crippen molar-refractivity contribution in [3.05, 3.63) is 54.0 Å². The van der Waals surface area contributed by atoms with E-state index in [4.69, 9.17) is 9.15 Å². The predicted molar refractivity (Wildman–Crippen MR) is 91.0 cm³/mol. The van der Waals surface area contributed by atoms with Crippen LogP contribution in [0.5, 0.6) is 5.75 Å². The zero-order valence-corrected chi connectivity index (χ0v) is 14.0. The van der Waals surface area contributed by atoms with Crippen LogP contribution in [-0.4, -0.2) is 30.3 Å². The molecule has 2 aromatic rings. The Labute approximate surface area is 141 Å². The molecule has 2 atom stereocenters. The minimum atomic E-state index is -0.736. The molecule has 1 aromatic heterocycles. The molecule has 0 aliphatic rings. The Morgan fingerprint density at radius 2 is 2.04 bits per heavy atom. The standard InChI is InChI=1S/C18H24N2O4/c1-13-5-7-15(8-6-13)23-11-9-19-18(22)20-14(2)12-16(21)17-4-3-10-24-17/h3-8,10,14,16,21H,9,11-12H2,1-2H3,(H2,19,20,22). The number of carbonyl (C=O) groups excluding carboxylic acids is 1. The fourth-order valence-corrected chi connectivity index (χ4v) is 2.23. The molecule has 130 valence electrons. The Kier molecular flexibility index (Phi) is 6.69. The number of aliphatic hydroxyl groups excluding tert-OH is 1. The van der Waals surface area contributed by atoms with Gasteiger partial charge in [0.2, 0.25) is 0 Å². The Morgan fingerprint density at radius 1 is 1.29 bits per heavy atom. The minimum absolute atomic E-state index is 0.192. The number of amides is 2. The van der Waals surface area contributed by atoms with Crippen LogP contribution in [0.4, 0.5) is 4.79 Å². The third-order valence-corrected chi connectivity index (χ3v) is 3.50. The Bertz CT molecular complexity index is 610. The molecular weight excluding hydrogens is 308 g/mol. The Balaban J connectivity index is 1.61. The topological polar surface area (TPSA) is 83.7 Å². The van der Waals surface area contributed by atoms with Gasteiger partial charge < -0.3 is 24.9 Å². The van der Waals surface area contributed by atoms with Gasteiger partial charge in [0.15, 0.2) is 0 Å². The van der Waals surface area contributed by atoms with Crippen LogP contribution in [0.15, 0.2) is 47.1 Å². The first-order chi connectivity index (χ1) is 11.5. The average molecular weight is 332 g/mol. The number of benzene rings is 1. The fourth-order valence-electron chi connectivity index (χ4n) is 2.23. The van der Waals surface area contributed by atoms with E-state index in [2.05, 4.69) is 10.6 Å². The lowest BCUT2D eigenvalue weighted by atomic mass is 10.1. The van der Waals surface area contributed by atoms with Crippen molar-refractivity contribution in [2.45, 2.75) is 32.4 Å². The highest BCUT2D eigenvalue weighted by Gasteiger charge is 2.16. The average Bonchev–Trinajstić information content (AvgIpc) is 3.07. The monoisotopic (exact) mass is 332 g/mol. The zero-order chi connectivity index (χ0) is 17.4. The number of urea groups is 1. The molecule has 3 N–H and O–H groups in total. The summed E-state index contributed by atoms with van der Waals surface area (Å²) >= 11 is 0. The number of hydrogen-bond acceptors (Lipinski definition) is 4. The second-order valence-corrected chi connectivity index (χ2v) is 5.73. The molecule has 0 fully saturated rings. The van der Waals surface area contributed by atoms with E-state index in [1.54, 1.807) is 12.1 Å². The molecule has 0 aliphatic heterocycles. The Hall–Kier alpha value is -2.47. The second kappa shape index (κ2) is 8.98. The van der Waals surface area contributed by atoms with Gasteiger partial charge in [0.05, 0.1) is 12.8 Å². The van der Waals surface area contributed by atoms with Crippen molar-refractivity contribution >= 4 is 6.03 Å². The lowest BCUT2D eigenvalue weighted by Gasteiger charge is -2.17. The van der Waals surface area contributed by atoms with Gasteiger partial charge in [-0.05, 0) is 38.1 Å². The van der Waals surface area contributed by atoms with Crippen LogP contribution in [0.1, 0.15) is 30.8 Å². The lowest BCUT2D eigenvalue weighted by Crippen LogP contribution is -2.42. The van der Waals surface area contributed by atoms with Crippen LogP contribution in [0.3, 0.4) is 0 Å². The number of aliphatic hydroxyl groups is 1. The molecule has 24 heavy (non-hydrogen) atoms. The van der Waals surface area contributed by atoms with E-state index < -0.39 is 6.10 Å². The van der Waals surface area contributed by atoms with Crippen molar-refractivity contribution < 1.29 is 19.1 Å². The smallest absolute Gasteiger partial charge is 0.315 e. The van der Waals surface area contributed by atoms with Gasteiger partial charge in [-0.25, -0.2) is 4.79 Å². The van der Waals surface area contributed by atoms with Crippen molar-refractivity contribution in [2.75, 3.05) is 13.2 Å². The largest absolute Gasteiger partial charge is 0.492 e. The summed E-state index contributed by atoms with van der Waals surface area (Å²) in [7, 11) is 0. The fraction of sp³-hybridized carbons (Fsp3) is 0.389. The quantitative estimate of drug-likeness (QED) is 0.649. The highest BCUT2D eigenvalue weighted by atomic mass is 16.5. The molecule has 2 amide bonds. The molecule has 0 aliphatic carbocycles. The molecule has 1 aromatic carbocycles. The number of nitrogens with one attached hydrogen (secondary N) is 2. The van der Waals surface area contributed by atoms with Gasteiger partial charge in [-0.2, -0.15) is 0 Å². The van der Waals surface area contributed by atoms with Crippen LogP contribution in [-0.2, 0) is 0 Å². The van der Waals surface area contributed by atoms with Crippen molar-refractivity contribution in [1.29, 1.82) is 0 Å². The third kappa shape index (κ3) is 5.96. The van der Waals surface area contributed by atoms with Gasteiger partial charge in [0.25, 0.3) is 0 Å². The lowest BCUT2D eigenvalue weighted by molar-refractivity contribution is 0.129. The maximum absolute atomic E-state index is 11.8. The molecule has 0 radical (unpaired) electrons. The van der Waals surface area contributed by atoms with E-state index in [1.165, 1.54) is 11.8 Å². The van der Waals surface area contributed by atoms with Crippen LogP contribution in [0, 0.1) is 6.92 Å². The van der Waals surface area contributed by atoms with Crippen molar-refractivity contribution in [1.82, 2.24) is 10.6 Å². The van der Waals surface area contributed by atoms with Crippen molar-refractivity contribution in [3.8, 4) is 5.75 Å². The summed E-state index contributed by atoms with van der Waals surface area (Å²) in [4.78, 5) is 11.8. The van der Waals surface area contributed by atoms with Crippen LogP contribution < -0.4 is 15.4 Å². The van der Waals surface area contributed by atoms with Gasteiger partial charge in [-0.1, -0.05) is 17.7 Å².